The predicted molar refractivity (Wildman–Crippen MR) is 109 cm³/mol. The number of amides is 2. The maximum atomic E-state index is 14.3. The average molecular weight is 412 g/mol. The molecule has 1 atom stereocenters. The minimum Gasteiger partial charge on any atom is -0.353 e. The van der Waals surface area contributed by atoms with Crippen LogP contribution in [0, 0.1) is 17.6 Å². The first-order chi connectivity index (χ1) is 14.5. The second-order valence-corrected chi connectivity index (χ2v) is 7.32. The molecule has 156 valence electrons. The number of hydrogen-bond donors (Lipinski definition) is 1. The summed E-state index contributed by atoms with van der Waals surface area (Å²) in [5.74, 6) is -0.00245. The Hall–Kier alpha value is -3.36. The Bertz CT molecular complexity index is 986. The van der Waals surface area contributed by atoms with Crippen LogP contribution in [-0.2, 0) is 0 Å². The quantitative estimate of drug-likeness (QED) is 0.840. The first-order valence-electron chi connectivity index (χ1n) is 9.82. The van der Waals surface area contributed by atoms with Crippen molar-refractivity contribution in [2.24, 2.45) is 10.9 Å². The van der Waals surface area contributed by atoms with E-state index in [2.05, 4.69) is 25.2 Å². The molecule has 2 aromatic rings. The highest BCUT2D eigenvalue weighted by Gasteiger charge is 2.26. The van der Waals surface area contributed by atoms with Gasteiger partial charge in [0.2, 0.25) is 0 Å². The summed E-state index contributed by atoms with van der Waals surface area (Å²) in [6, 6.07) is 3.36. The third-order valence-electron chi connectivity index (χ3n) is 5.25. The van der Waals surface area contributed by atoms with Gasteiger partial charge in [-0.05, 0) is 24.6 Å². The molecule has 7 nitrogen and oxygen atoms in total. The second kappa shape index (κ2) is 8.56. The molecule has 0 spiro atoms. The molecule has 2 aliphatic rings. The van der Waals surface area contributed by atoms with Gasteiger partial charge in [0, 0.05) is 56.1 Å². The second-order valence-electron chi connectivity index (χ2n) is 7.32. The first kappa shape index (κ1) is 19.9. The number of piperazine rings is 1. The van der Waals surface area contributed by atoms with E-state index < -0.39 is 11.6 Å². The Morgan fingerprint density at radius 2 is 1.97 bits per heavy atom. The molecule has 0 radical (unpaired) electrons. The minimum absolute atomic E-state index is 0.0350. The first-order valence-corrected chi connectivity index (χ1v) is 9.82. The van der Waals surface area contributed by atoms with Gasteiger partial charge in [-0.25, -0.2) is 23.6 Å². The number of aliphatic imine (C=N–C) groups is 1. The summed E-state index contributed by atoms with van der Waals surface area (Å²) in [5.41, 5.74) is 0.948. The van der Waals surface area contributed by atoms with Crippen molar-refractivity contribution in [1.82, 2.24) is 19.8 Å². The SMILES string of the molecule is CC1CC=C(N2CCN(C(=O)Nc3cnccn3)CC2)N=C1c1ccc(F)cc1F. The Labute approximate surface area is 173 Å². The van der Waals surface area contributed by atoms with Gasteiger partial charge in [0.05, 0.1) is 11.9 Å². The Morgan fingerprint density at radius 1 is 1.17 bits per heavy atom. The molecular formula is C21H22F2N6O. The molecule has 2 amide bonds. The number of benzene rings is 1. The number of hydrogen-bond acceptors (Lipinski definition) is 5. The lowest BCUT2D eigenvalue weighted by Gasteiger charge is -2.37. The molecule has 0 saturated carbocycles. The fourth-order valence-corrected chi connectivity index (χ4v) is 3.59. The van der Waals surface area contributed by atoms with Crippen molar-refractivity contribution in [3.8, 4) is 0 Å². The molecule has 0 bridgehead atoms. The topological polar surface area (TPSA) is 73.7 Å². The average Bonchev–Trinajstić information content (AvgIpc) is 2.75. The van der Waals surface area contributed by atoms with E-state index >= 15 is 0 Å². The third-order valence-corrected chi connectivity index (χ3v) is 5.25. The van der Waals surface area contributed by atoms with E-state index in [1.165, 1.54) is 24.5 Å². The normalized spacial score (nSPS) is 19.2. The molecule has 0 aliphatic carbocycles. The lowest BCUT2D eigenvalue weighted by molar-refractivity contribution is 0.166. The van der Waals surface area contributed by atoms with Crippen molar-refractivity contribution in [1.29, 1.82) is 0 Å². The van der Waals surface area contributed by atoms with Crippen LogP contribution in [-0.4, -0.2) is 57.7 Å². The molecule has 1 fully saturated rings. The van der Waals surface area contributed by atoms with Crippen LogP contribution in [0.4, 0.5) is 19.4 Å². The number of nitrogens with zero attached hydrogens (tertiary/aromatic N) is 5. The molecule has 1 aromatic heterocycles. The number of allylic oxidation sites excluding steroid dienone is 1. The van der Waals surface area contributed by atoms with E-state index in [1.807, 2.05) is 13.0 Å². The molecular weight excluding hydrogens is 390 g/mol. The van der Waals surface area contributed by atoms with E-state index in [9.17, 15) is 13.6 Å². The number of rotatable bonds is 3. The Kier molecular flexibility index (Phi) is 5.69. The summed E-state index contributed by atoms with van der Waals surface area (Å²) in [4.78, 5) is 28.9. The molecule has 4 rings (SSSR count). The van der Waals surface area contributed by atoms with Gasteiger partial charge >= 0.3 is 6.03 Å². The van der Waals surface area contributed by atoms with E-state index in [1.54, 1.807) is 11.1 Å². The number of urea groups is 1. The van der Waals surface area contributed by atoms with Gasteiger partial charge in [0.25, 0.3) is 0 Å². The zero-order chi connectivity index (χ0) is 21.1. The maximum absolute atomic E-state index is 14.3. The van der Waals surface area contributed by atoms with Crippen molar-refractivity contribution in [2.45, 2.75) is 13.3 Å². The smallest absolute Gasteiger partial charge is 0.323 e. The van der Waals surface area contributed by atoms with Crippen LogP contribution in [0.25, 0.3) is 0 Å². The van der Waals surface area contributed by atoms with E-state index in [0.717, 1.165) is 18.3 Å². The summed E-state index contributed by atoms with van der Waals surface area (Å²) >= 11 is 0. The molecule has 30 heavy (non-hydrogen) atoms. The van der Waals surface area contributed by atoms with Gasteiger partial charge < -0.3 is 9.80 Å². The molecule has 1 aromatic carbocycles. The highest BCUT2D eigenvalue weighted by molar-refractivity contribution is 6.03. The Balaban J connectivity index is 1.42. The van der Waals surface area contributed by atoms with Crippen LogP contribution >= 0.6 is 0 Å². The van der Waals surface area contributed by atoms with Crippen LogP contribution in [0.3, 0.4) is 0 Å². The number of anilines is 1. The molecule has 3 heterocycles. The number of carbonyl (C=O) groups excluding carboxylic acids is 1. The van der Waals surface area contributed by atoms with Gasteiger partial charge in [-0.15, -0.1) is 0 Å². The number of nitrogens with one attached hydrogen (secondary N) is 1. The van der Waals surface area contributed by atoms with Crippen LogP contribution in [0.15, 0.2) is 53.7 Å². The van der Waals surface area contributed by atoms with Gasteiger partial charge in [0.1, 0.15) is 17.5 Å². The van der Waals surface area contributed by atoms with Crippen LogP contribution < -0.4 is 5.32 Å². The summed E-state index contributed by atoms with van der Waals surface area (Å²) in [5, 5.41) is 2.73. The summed E-state index contributed by atoms with van der Waals surface area (Å²) in [6.45, 7) is 4.24. The fraction of sp³-hybridized carbons (Fsp3) is 0.333. The number of carbonyl (C=O) groups is 1. The molecule has 2 aliphatic heterocycles. The van der Waals surface area contributed by atoms with Gasteiger partial charge in [-0.3, -0.25) is 10.3 Å². The predicted octanol–water partition coefficient (Wildman–Crippen LogP) is 3.27. The largest absolute Gasteiger partial charge is 0.353 e. The van der Waals surface area contributed by atoms with E-state index in [4.69, 9.17) is 0 Å². The van der Waals surface area contributed by atoms with Crippen molar-refractivity contribution < 1.29 is 13.6 Å². The van der Waals surface area contributed by atoms with Gasteiger partial charge in [-0.1, -0.05) is 6.92 Å². The van der Waals surface area contributed by atoms with Crippen LogP contribution in [0.2, 0.25) is 0 Å². The molecule has 9 heteroatoms. The number of aromatic nitrogens is 2. The Morgan fingerprint density at radius 3 is 2.67 bits per heavy atom. The van der Waals surface area contributed by atoms with Crippen LogP contribution in [0.1, 0.15) is 18.9 Å². The highest BCUT2D eigenvalue weighted by Crippen LogP contribution is 2.26. The van der Waals surface area contributed by atoms with Gasteiger partial charge in [-0.2, -0.15) is 0 Å². The third kappa shape index (κ3) is 4.29. The van der Waals surface area contributed by atoms with Crippen molar-refractivity contribution in [3.05, 3.63) is 65.9 Å². The maximum Gasteiger partial charge on any atom is 0.323 e. The molecule has 1 N–H and O–H groups in total. The monoisotopic (exact) mass is 412 g/mol. The summed E-state index contributed by atoms with van der Waals surface area (Å²) in [7, 11) is 0. The highest BCUT2D eigenvalue weighted by atomic mass is 19.1. The summed E-state index contributed by atoms with van der Waals surface area (Å²) in [6.07, 6.45) is 7.31. The zero-order valence-corrected chi connectivity index (χ0v) is 16.6. The minimum atomic E-state index is -0.605. The zero-order valence-electron chi connectivity index (χ0n) is 16.6. The van der Waals surface area contributed by atoms with Crippen molar-refractivity contribution >= 4 is 17.6 Å². The van der Waals surface area contributed by atoms with Crippen molar-refractivity contribution in [3.63, 3.8) is 0 Å². The lowest BCUT2D eigenvalue weighted by Crippen LogP contribution is -2.49. The lowest BCUT2D eigenvalue weighted by atomic mass is 9.93. The fourth-order valence-electron chi connectivity index (χ4n) is 3.59. The van der Waals surface area contributed by atoms with E-state index in [-0.39, 0.29) is 11.9 Å². The van der Waals surface area contributed by atoms with Crippen molar-refractivity contribution in [2.75, 3.05) is 31.5 Å². The number of halogens is 2. The molecule has 1 unspecified atom stereocenters. The summed E-state index contributed by atoms with van der Waals surface area (Å²) < 4.78 is 27.6. The van der Waals surface area contributed by atoms with Crippen LogP contribution in [0.5, 0.6) is 0 Å². The van der Waals surface area contributed by atoms with Gasteiger partial charge in [0.15, 0.2) is 5.82 Å². The molecule has 1 saturated heterocycles. The standard InChI is InChI=1S/C21H22F2N6O/c1-14-2-5-19(27-20(14)16-4-3-15(22)12-17(16)23)28-8-10-29(11-9-28)21(30)26-18-13-24-6-7-25-18/h3-7,12-14H,2,8-11H2,1H3,(H,25,26,30). The van der Waals surface area contributed by atoms with E-state index in [0.29, 0.717) is 43.3 Å².